The predicted octanol–water partition coefficient (Wildman–Crippen LogP) is 0.392. The third-order valence-corrected chi connectivity index (χ3v) is 3.60. The molecule has 0 radical (unpaired) electrons. The van der Waals surface area contributed by atoms with Crippen molar-refractivity contribution >= 4 is 27.6 Å². The summed E-state index contributed by atoms with van der Waals surface area (Å²) < 4.78 is 25.5. The average Bonchev–Trinajstić information content (AvgIpc) is 2.27. The van der Waals surface area contributed by atoms with Crippen molar-refractivity contribution in [1.29, 1.82) is 0 Å². The van der Waals surface area contributed by atoms with E-state index in [0.29, 0.717) is 0 Å². The second kappa shape index (κ2) is 6.19. The van der Waals surface area contributed by atoms with E-state index in [1.165, 1.54) is 24.3 Å². The number of carboxylic acids is 1. The van der Waals surface area contributed by atoms with Crippen LogP contribution >= 0.6 is 0 Å². The highest BCUT2D eigenvalue weighted by Gasteiger charge is 2.12. The minimum absolute atomic E-state index is 0.0141. The molecule has 1 rings (SSSR count). The first kappa shape index (κ1) is 15.0. The quantitative estimate of drug-likeness (QED) is 0.668. The lowest BCUT2D eigenvalue weighted by atomic mass is 10.2. The Bertz CT molecular complexity index is 583. The van der Waals surface area contributed by atoms with Crippen LogP contribution in [0.4, 0.5) is 5.69 Å². The van der Waals surface area contributed by atoms with Crippen LogP contribution in [0.3, 0.4) is 0 Å². The summed E-state index contributed by atoms with van der Waals surface area (Å²) in [5, 5.41) is 8.43. The monoisotopic (exact) mass is 286 g/mol. The maximum Gasteiger partial charge on any atom is 0.303 e. The Kier molecular flexibility index (Phi) is 4.87. The van der Waals surface area contributed by atoms with Crippen LogP contribution in [0, 0.1) is 0 Å². The Hall–Kier alpha value is -2.09. The Balaban J connectivity index is 2.70. The number of primary amides is 1. The molecule has 0 fully saturated rings. The molecule has 7 nitrogen and oxygen atoms in total. The number of hydrogen-bond acceptors (Lipinski definition) is 4. The molecule has 0 aliphatic carbocycles. The molecule has 0 aliphatic rings. The Morgan fingerprint density at radius 3 is 2.58 bits per heavy atom. The molecule has 0 heterocycles. The Labute approximate surface area is 110 Å². The van der Waals surface area contributed by atoms with E-state index in [0.717, 1.165) is 0 Å². The lowest BCUT2D eigenvalue weighted by molar-refractivity contribution is -0.137. The van der Waals surface area contributed by atoms with Crippen LogP contribution in [-0.2, 0) is 14.8 Å². The maximum absolute atomic E-state index is 11.6. The standard InChI is InChI=1S/C11H14N2O5S/c12-11(16)8-3-1-4-9(7-8)13-19(17,18)6-2-5-10(14)15/h1,3-4,7,13H,2,5-6H2,(H2,12,16)(H,14,15). The molecular weight excluding hydrogens is 272 g/mol. The van der Waals surface area contributed by atoms with Gasteiger partial charge in [0.1, 0.15) is 0 Å². The van der Waals surface area contributed by atoms with Gasteiger partial charge in [0.25, 0.3) is 0 Å². The van der Waals surface area contributed by atoms with Crippen LogP contribution in [0.25, 0.3) is 0 Å². The fourth-order valence-electron chi connectivity index (χ4n) is 1.38. The molecule has 0 atom stereocenters. The molecule has 0 unspecified atom stereocenters. The van der Waals surface area contributed by atoms with Gasteiger partial charge in [0.15, 0.2) is 0 Å². The van der Waals surface area contributed by atoms with Gasteiger partial charge in [0.2, 0.25) is 15.9 Å². The zero-order chi connectivity index (χ0) is 14.5. The number of nitrogens with one attached hydrogen (secondary N) is 1. The van der Waals surface area contributed by atoms with Crippen molar-refractivity contribution in [2.24, 2.45) is 5.73 Å². The van der Waals surface area contributed by atoms with Gasteiger partial charge in [0, 0.05) is 17.7 Å². The first-order valence-corrected chi connectivity index (χ1v) is 7.07. The van der Waals surface area contributed by atoms with Gasteiger partial charge in [0.05, 0.1) is 5.75 Å². The van der Waals surface area contributed by atoms with Crippen molar-refractivity contribution in [3.63, 3.8) is 0 Å². The average molecular weight is 286 g/mol. The minimum atomic E-state index is -3.64. The molecule has 0 spiro atoms. The molecule has 1 amide bonds. The molecule has 1 aromatic rings. The molecule has 0 bridgehead atoms. The van der Waals surface area contributed by atoms with Gasteiger partial charge in [-0.15, -0.1) is 0 Å². The Morgan fingerprint density at radius 1 is 1.32 bits per heavy atom. The molecule has 0 aliphatic heterocycles. The van der Waals surface area contributed by atoms with Crippen LogP contribution in [0.2, 0.25) is 0 Å². The summed E-state index contributed by atoms with van der Waals surface area (Å²) in [7, 11) is -3.64. The molecular formula is C11H14N2O5S. The van der Waals surface area contributed by atoms with Crippen LogP contribution in [0.15, 0.2) is 24.3 Å². The van der Waals surface area contributed by atoms with E-state index >= 15 is 0 Å². The SMILES string of the molecule is NC(=O)c1cccc(NS(=O)(=O)CCCC(=O)O)c1. The topological polar surface area (TPSA) is 127 Å². The number of amides is 1. The number of hydrogen-bond donors (Lipinski definition) is 3. The highest BCUT2D eigenvalue weighted by molar-refractivity contribution is 7.92. The summed E-state index contributed by atoms with van der Waals surface area (Å²) in [6.07, 6.45) is -0.206. The summed E-state index contributed by atoms with van der Waals surface area (Å²) >= 11 is 0. The summed E-state index contributed by atoms with van der Waals surface area (Å²) in [6, 6.07) is 5.75. The number of sulfonamides is 1. The lowest BCUT2D eigenvalue weighted by Crippen LogP contribution is -2.18. The summed E-state index contributed by atoms with van der Waals surface area (Å²) in [6.45, 7) is 0. The molecule has 0 saturated heterocycles. The van der Waals surface area contributed by atoms with Crippen molar-refractivity contribution in [2.45, 2.75) is 12.8 Å². The van der Waals surface area contributed by atoms with Crippen molar-refractivity contribution < 1.29 is 23.1 Å². The highest BCUT2D eigenvalue weighted by Crippen LogP contribution is 2.12. The van der Waals surface area contributed by atoms with Crippen molar-refractivity contribution in [1.82, 2.24) is 0 Å². The number of anilines is 1. The molecule has 4 N–H and O–H groups in total. The number of nitrogens with two attached hydrogens (primary N) is 1. The van der Waals surface area contributed by atoms with Crippen LogP contribution in [-0.4, -0.2) is 31.2 Å². The molecule has 104 valence electrons. The summed E-state index contributed by atoms with van der Waals surface area (Å²) in [5.41, 5.74) is 5.48. The van der Waals surface area contributed by atoms with Gasteiger partial charge in [-0.1, -0.05) is 6.07 Å². The van der Waals surface area contributed by atoms with E-state index in [9.17, 15) is 18.0 Å². The third-order valence-electron chi connectivity index (χ3n) is 2.22. The van der Waals surface area contributed by atoms with E-state index < -0.39 is 21.9 Å². The number of benzene rings is 1. The largest absolute Gasteiger partial charge is 0.481 e. The van der Waals surface area contributed by atoms with Crippen molar-refractivity contribution in [3.05, 3.63) is 29.8 Å². The second-order valence-electron chi connectivity index (χ2n) is 3.86. The molecule has 1 aromatic carbocycles. The van der Waals surface area contributed by atoms with Crippen LogP contribution in [0.1, 0.15) is 23.2 Å². The van der Waals surface area contributed by atoms with Crippen LogP contribution in [0.5, 0.6) is 0 Å². The third kappa shape index (κ3) is 5.38. The number of rotatable bonds is 7. The fraction of sp³-hybridized carbons (Fsp3) is 0.273. The first-order chi connectivity index (χ1) is 8.80. The zero-order valence-electron chi connectivity index (χ0n) is 10.00. The van der Waals surface area contributed by atoms with Gasteiger partial charge in [-0.25, -0.2) is 8.42 Å². The van der Waals surface area contributed by atoms with E-state index in [1.807, 2.05) is 0 Å². The maximum atomic E-state index is 11.6. The van der Waals surface area contributed by atoms with Gasteiger partial charge >= 0.3 is 5.97 Å². The van der Waals surface area contributed by atoms with Gasteiger partial charge < -0.3 is 10.8 Å². The number of carbonyl (C=O) groups excluding carboxylic acids is 1. The van der Waals surface area contributed by atoms with Gasteiger partial charge in [-0.3, -0.25) is 14.3 Å². The molecule has 8 heteroatoms. The highest BCUT2D eigenvalue weighted by atomic mass is 32.2. The number of carboxylic acid groups (broad SMARTS) is 1. The lowest BCUT2D eigenvalue weighted by Gasteiger charge is -2.08. The zero-order valence-corrected chi connectivity index (χ0v) is 10.8. The van der Waals surface area contributed by atoms with Crippen molar-refractivity contribution in [3.8, 4) is 0 Å². The van der Waals surface area contributed by atoms with E-state index in [1.54, 1.807) is 0 Å². The normalized spacial score (nSPS) is 10.9. The summed E-state index contributed by atoms with van der Waals surface area (Å²) in [5.74, 6) is -2.02. The van der Waals surface area contributed by atoms with Gasteiger partial charge in [-0.05, 0) is 24.6 Å². The van der Waals surface area contributed by atoms with E-state index in [-0.39, 0.29) is 29.8 Å². The minimum Gasteiger partial charge on any atom is -0.481 e. The van der Waals surface area contributed by atoms with E-state index in [2.05, 4.69) is 4.72 Å². The summed E-state index contributed by atoms with van der Waals surface area (Å²) in [4.78, 5) is 21.2. The molecule has 19 heavy (non-hydrogen) atoms. The fourth-order valence-corrected chi connectivity index (χ4v) is 2.49. The van der Waals surface area contributed by atoms with E-state index in [4.69, 9.17) is 10.8 Å². The first-order valence-electron chi connectivity index (χ1n) is 5.42. The number of aliphatic carboxylic acids is 1. The molecule has 0 saturated carbocycles. The van der Waals surface area contributed by atoms with Crippen LogP contribution < -0.4 is 10.5 Å². The molecule has 0 aromatic heterocycles. The Morgan fingerprint density at radius 2 is 2.00 bits per heavy atom. The second-order valence-corrected chi connectivity index (χ2v) is 5.71. The van der Waals surface area contributed by atoms with Gasteiger partial charge in [-0.2, -0.15) is 0 Å². The smallest absolute Gasteiger partial charge is 0.303 e. The predicted molar refractivity (Wildman–Crippen MR) is 69.2 cm³/mol. The van der Waals surface area contributed by atoms with Crippen molar-refractivity contribution in [2.75, 3.05) is 10.5 Å². The number of carbonyl (C=O) groups is 2.